The second-order valence-electron chi connectivity index (χ2n) is 6.85. The van der Waals surface area contributed by atoms with Crippen molar-refractivity contribution in [1.82, 2.24) is 0 Å². The number of hydrogen-bond donors (Lipinski definition) is 0. The standard InChI is InChI=1S/C17H20FNO/c1-16-4-7-17(8-5-16,9-6-16)12-20-14-3-2-13(11-19)15(18)10-14/h2-3,10H,4-9,12H2,1H3. The Hall–Kier alpha value is -1.56. The fraction of sp³-hybridized carbons (Fsp3) is 0.588. The van der Waals surface area contributed by atoms with E-state index in [4.69, 9.17) is 10.00 Å². The predicted molar refractivity (Wildman–Crippen MR) is 74.9 cm³/mol. The van der Waals surface area contributed by atoms with E-state index in [1.165, 1.54) is 50.7 Å². The molecule has 106 valence electrons. The first kappa shape index (κ1) is 13.4. The quantitative estimate of drug-likeness (QED) is 0.815. The highest BCUT2D eigenvalue weighted by molar-refractivity contribution is 5.36. The van der Waals surface area contributed by atoms with E-state index in [2.05, 4.69) is 6.92 Å². The summed E-state index contributed by atoms with van der Waals surface area (Å²) < 4.78 is 19.4. The SMILES string of the molecule is CC12CCC(COc3ccc(C#N)c(F)c3)(CC1)CC2. The fourth-order valence-electron chi connectivity index (χ4n) is 3.58. The average molecular weight is 273 g/mol. The van der Waals surface area contributed by atoms with Gasteiger partial charge in [-0.25, -0.2) is 4.39 Å². The van der Waals surface area contributed by atoms with Gasteiger partial charge in [-0.05, 0) is 56.1 Å². The molecule has 0 N–H and O–H groups in total. The summed E-state index contributed by atoms with van der Waals surface area (Å²) in [5.74, 6) is 0.0390. The molecule has 1 aromatic rings. The first-order valence-corrected chi connectivity index (χ1v) is 7.37. The van der Waals surface area contributed by atoms with Crippen LogP contribution in [0.4, 0.5) is 4.39 Å². The van der Waals surface area contributed by atoms with Crippen molar-refractivity contribution in [2.75, 3.05) is 6.61 Å². The molecule has 3 saturated carbocycles. The Balaban J connectivity index is 1.65. The van der Waals surface area contributed by atoms with E-state index in [1.54, 1.807) is 6.07 Å². The number of halogens is 1. The Morgan fingerprint density at radius 3 is 2.40 bits per heavy atom. The molecule has 0 aliphatic heterocycles. The van der Waals surface area contributed by atoms with Gasteiger partial charge >= 0.3 is 0 Å². The molecule has 0 unspecified atom stereocenters. The second-order valence-corrected chi connectivity index (χ2v) is 6.85. The van der Waals surface area contributed by atoms with Crippen molar-refractivity contribution in [2.24, 2.45) is 10.8 Å². The molecule has 0 atom stereocenters. The number of ether oxygens (including phenoxy) is 1. The highest BCUT2D eigenvalue weighted by Gasteiger charge is 2.46. The maximum absolute atomic E-state index is 13.5. The molecule has 20 heavy (non-hydrogen) atoms. The van der Waals surface area contributed by atoms with Gasteiger partial charge in [0.25, 0.3) is 0 Å². The fourth-order valence-corrected chi connectivity index (χ4v) is 3.58. The average Bonchev–Trinajstić information content (AvgIpc) is 2.47. The van der Waals surface area contributed by atoms with E-state index in [-0.39, 0.29) is 5.56 Å². The van der Waals surface area contributed by atoms with Crippen molar-refractivity contribution < 1.29 is 9.13 Å². The molecule has 3 aliphatic rings. The highest BCUT2D eigenvalue weighted by Crippen LogP contribution is 2.56. The van der Waals surface area contributed by atoms with Crippen LogP contribution in [0, 0.1) is 28.0 Å². The van der Waals surface area contributed by atoms with E-state index in [1.807, 2.05) is 6.07 Å². The Kier molecular flexibility index (Phi) is 3.20. The third-order valence-electron chi connectivity index (χ3n) is 5.38. The van der Waals surface area contributed by atoms with Crippen LogP contribution in [0.3, 0.4) is 0 Å². The second kappa shape index (κ2) is 4.77. The molecular weight excluding hydrogens is 253 g/mol. The zero-order valence-electron chi connectivity index (χ0n) is 11.9. The third kappa shape index (κ3) is 2.40. The van der Waals surface area contributed by atoms with E-state index >= 15 is 0 Å². The van der Waals surface area contributed by atoms with Crippen molar-refractivity contribution in [2.45, 2.75) is 45.4 Å². The van der Waals surface area contributed by atoms with Gasteiger partial charge in [0.15, 0.2) is 0 Å². The van der Waals surface area contributed by atoms with Crippen molar-refractivity contribution in [1.29, 1.82) is 5.26 Å². The molecule has 2 bridgehead atoms. The maximum atomic E-state index is 13.5. The Morgan fingerprint density at radius 1 is 1.20 bits per heavy atom. The summed E-state index contributed by atoms with van der Waals surface area (Å²) in [5.41, 5.74) is 0.923. The van der Waals surface area contributed by atoms with Crippen LogP contribution in [0.25, 0.3) is 0 Å². The summed E-state index contributed by atoms with van der Waals surface area (Å²) in [4.78, 5) is 0. The van der Waals surface area contributed by atoms with E-state index in [0.29, 0.717) is 23.2 Å². The smallest absolute Gasteiger partial charge is 0.144 e. The molecule has 3 aliphatic carbocycles. The molecule has 0 heterocycles. The van der Waals surface area contributed by atoms with Crippen molar-refractivity contribution in [3.8, 4) is 11.8 Å². The minimum Gasteiger partial charge on any atom is -0.493 e. The summed E-state index contributed by atoms with van der Waals surface area (Å²) in [7, 11) is 0. The van der Waals surface area contributed by atoms with Gasteiger partial charge in [0, 0.05) is 11.5 Å². The maximum Gasteiger partial charge on any atom is 0.144 e. The van der Waals surface area contributed by atoms with Gasteiger partial charge in [0.1, 0.15) is 17.6 Å². The van der Waals surface area contributed by atoms with Crippen LogP contribution in [0.1, 0.15) is 51.0 Å². The minimum atomic E-state index is -0.498. The molecule has 0 spiro atoms. The summed E-state index contributed by atoms with van der Waals surface area (Å²) in [5, 5.41) is 8.72. The molecule has 4 rings (SSSR count). The Bertz CT molecular complexity index is 536. The van der Waals surface area contributed by atoms with Gasteiger partial charge in [-0.1, -0.05) is 6.92 Å². The number of nitrogens with zero attached hydrogens (tertiary/aromatic N) is 1. The Morgan fingerprint density at radius 2 is 1.85 bits per heavy atom. The van der Waals surface area contributed by atoms with Crippen LogP contribution in [-0.2, 0) is 0 Å². The summed E-state index contributed by atoms with van der Waals surface area (Å²) in [6.45, 7) is 3.07. The number of fused-ring (bicyclic) bond motifs is 3. The van der Waals surface area contributed by atoms with E-state index in [9.17, 15) is 4.39 Å². The third-order valence-corrected chi connectivity index (χ3v) is 5.38. The molecule has 0 saturated heterocycles. The monoisotopic (exact) mass is 273 g/mol. The van der Waals surface area contributed by atoms with Crippen LogP contribution < -0.4 is 4.74 Å². The molecule has 3 fully saturated rings. The summed E-state index contributed by atoms with van der Waals surface area (Å²) in [6, 6.07) is 6.33. The summed E-state index contributed by atoms with van der Waals surface area (Å²) >= 11 is 0. The van der Waals surface area contributed by atoms with Gasteiger partial charge in [0.05, 0.1) is 12.2 Å². The lowest BCUT2D eigenvalue weighted by atomic mass is 9.55. The van der Waals surface area contributed by atoms with Crippen molar-refractivity contribution in [3.63, 3.8) is 0 Å². The van der Waals surface area contributed by atoms with E-state index in [0.717, 1.165) is 0 Å². The van der Waals surface area contributed by atoms with Gasteiger partial charge in [-0.2, -0.15) is 5.26 Å². The topological polar surface area (TPSA) is 33.0 Å². The molecule has 0 amide bonds. The van der Waals surface area contributed by atoms with Gasteiger partial charge in [-0.15, -0.1) is 0 Å². The first-order chi connectivity index (χ1) is 9.54. The predicted octanol–water partition coefficient (Wildman–Crippen LogP) is 4.44. The van der Waals surface area contributed by atoms with Gasteiger partial charge in [-0.3, -0.25) is 0 Å². The number of nitriles is 1. The van der Waals surface area contributed by atoms with Gasteiger partial charge < -0.3 is 4.74 Å². The number of rotatable bonds is 3. The molecule has 0 radical (unpaired) electrons. The van der Waals surface area contributed by atoms with Crippen LogP contribution in [0.5, 0.6) is 5.75 Å². The molecular formula is C17H20FNO. The first-order valence-electron chi connectivity index (χ1n) is 7.37. The van der Waals surface area contributed by atoms with Crippen LogP contribution in [-0.4, -0.2) is 6.61 Å². The zero-order chi connectivity index (χ0) is 14.2. The van der Waals surface area contributed by atoms with Crippen molar-refractivity contribution >= 4 is 0 Å². The summed E-state index contributed by atoms with van der Waals surface area (Å²) in [6.07, 6.45) is 7.54. The lowest BCUT2D eigenvalue weighted by molar-refractivity contribution is -0.0264. The number of benzene rings is 1. The largest absolute Gasteiger partial charge is 0.493 e. The van der Waals surface area contributed by atoms with Crippen LogP contribution in [0.15, 0.2) is 18.2 Å². The zero-order valence-corrected chi connectivity index (χ0v) is 11.9. The van der Waals surface area contributed by atoms with Crippen LogP contribution in [0.2, 0.25) is 0 Å². The molecule has 0 aromatic heterocycles. The number of hydrogen-bond acceptors (Lipinski definition) is 2. The molecule has 3 heteroatoms. The van der Waals surface area contributed by atoms with E-state index < -0.39 is 5.82 Å². The minimum absolute atomic E-state index is 0.0709. The molecule has 2 nitrogen and oxygen atoms in total. The highest BCUT2D eigenvalue weighted by atomic mass is 19.1. The lowest BCUT2D eigenvalue weighted by Gasteiger charge is -2.51. The van der Waals surface area contributed by atoms with Crippen molar-refractivity contribution in [3.05, 3.63) is 29.6 Å². The van der Waals surface area contributed by atoms with Gasteiger partial charge in [0.2, 0.25) is 0 Å². The molecule has 1 aromatic carbocycles. The normalized spacial score (nSPS) is 31.9. The van der Waals surface area contributed by atoms with Crippen LogP contribution >= 0.6 is 0 Å². The Labute approximate surface area is 119 Å². The lowest BCUT2D eigenvalue weighted by Crippen LogP contribution is -2.43.